The van der Waals surface area contributed by atoms with Gasteiger partial charge in [0.25, 0.3) is 10.0 Å². The fourth-order valence-electron chi connectivity index (χ4n) is 2.39. The summed E-state index contributed by atoms with van der Waals surface area (Å²) < 4.78 is 36.7. The molecule has 2 aromatic rings. The normalized spacial score (nSPS) is 11.1. The lowest BCUT2D eigenvalue weighted by Gasteiger charge is -2.22. The molecule has 0 N–H and O–H groups in total. The lowest BCUT2D eigenvalue weighted by molar-refractivity contribution is 0.0600. The van der Waals surface area contributed by atoms with Crippen LogP contribution in [0.4, 0.5) is 5.69 Å². The number of rotatable bonds is 5. The van der Waals surface area contributed by atoms with Crippen LogP contribution in [-0.2, 0) is 14.8 Å². The second-order valence-electron chi connectivity index (χ2n) is 5.21. The van der Waals surface area contributed by atoms with Crippen LogP contribution in [-0.4, -0.2) is 35.7 Å². The van der Waals surface area contributed by atoms with E-state index in [-0.39, 0.29) is 9.92 Å². The highest BCUT2D eigenvalue weighted by Gasteiger charge is 2.25. The molecule has 0 aliphatic carbocycles. The number of sulfonamides is 1. The lowest BCUT2D eigenvalue weighted by Crippen LogP contribution is -2.27. The van der Waals surface area contributed by atoms with Crippen molar-refractivity contribution in [1.29, 1.82) is 0 Å². The number of carbonyl (C=O) groups is 1. The van der Waals surface area contributed by atoms with Crippen LogP contribution in [0.25, 0.3) is 0 Å². The molecule has 0 aliphatic heterocycles. The van der Waals surface area contributed by atoms with E-state index in [0.29, 0.717) is 22.6 Å². The quantitative estimate of drug-likeness (QED) is 0.741. The van der Waals surface area contributed by atoms with Gasteiger partial charge >= 0.3 is 5.97 Å². The van der Waals surface area contributed by atoms with Crippen LogP contribution in [0.2, 0.25) is 5.02 Å². The van der Waals surface area contributed by atoms with E-state index in [2.05, 4.69) is 0 Å². The maximum atomic E-state index is 12.9. The summed E-state index contributed by atoms with van der Waals surface area (Å²) in [6.07, 6.45) is 0. The smallest absolute Gasteiger partial charge is 0.338 e. The second kappa shape index (κ2) is 7.33. The van der Waals surface area contributed by atoms with Crippen molar-refractivity contribution in [3.8, 4) is 5.75 Å². The summed E-state index contributed by atoms with van der Waals surface area (Å²) >= 11 is 6.03. The van der Waals surface area contributed by atoms with Crippen LogP contribution in [0, 0.1) is 6.92 Å². The average Bonchev–Trinajstić information content (AvgIpc) is 2.60. The van der Waals surface area contributed by atoms with Gasteiger partial charge in [0.05, 0.1) is 35.4 Å². The highest BCUT2D eigenvalue weighted by atomic mass is 35.5. The van der Waals surface area contributed by atoms with Gasteiger partial charge in [-0.1, -0.05) is 17.7 Å². The van der Waals surface area contributed by atoms with Crippen LogP contribution < -0.4 is 9.04 Å². The predicted molar refractivity (Wildman–Crippen MR) is 96.1 cm³/mol. The van der Waals surface area contributed by atoms with Crippen molar-refractivity contribution in [2.45, 2.75) is 11.8 Å². The molecule has 0 spiro atoms. The molecule has 0 saturated heterocycles. The number of hydrogen-bond acceptors (Lipinski definition) is 5. The average molecular weight is 384 g/mol. The Balaban J connectivity index is 2.51. The predicted octanol–water partition coefficient (Wildman–Crippen LogP) is 3.27. The van der Waals surface area contributed by atoms with Crippen molar-refractivity contribution >= 4 is 33.3 Å². The maximum absolute atomic E-state index is 12.9. The van der Waals surface area contributed by atoms with Gasteiger partial charge in [-0.15, -0.1) is 0 Å². The number of esters is 1. The zero-order chi connectivity index (χ0) is 18.8. The Bertz CT molecular complexity index is 911. The molecule has 0 aliphatic rings. The van der Waals surface area contributed by atoms with E-state index in [1.165, 1.54) is 39.5 Å². The standard InChI is InChI=1S/C17H18ClNO5S/c1-11-13(17(20)24-4)6-5-7-15(11)19(2)25(21,22)12-8-9-16(23-3)14(18)10-12/h5-10H,1-4H3. The third-order valence-electron chi connectivity index (χ3n) is 3.83. The van der Waals surface area contributed by atoms with E-state index >= 15 is 0 Å². The van der Waals surface area contributed by atoms with Crippen LogP contribution in [0.15, 0.2) is 41.3 Å². The van der Waals surface area contributed by atoms with Crippen molar-refractivity contribution < 1.29 is 22.7 Å². The molecular weight excluding hydrogens is 366 g/mol. The fourth-order valence-corrected chi connectivity index (χ4v) is 3.99. The summed E-state index contributed by atoms with van der Waals surface area (Å²) in [6, 6.07) is 9.02. The number of anilines is 1. The van der Waals surface area contributed by atoms with Gasteiger partial charge in [-0.3, -0.25) is 4.31 Å². The Kier molecular flexibility index (Phi) is 5.59. The minimum Gasteiger partial charge on any atom is -0.495 e. The van der Waals surface area contributed by atoms with E-state index in [1.807, 2.05) is 0 Å². The number of ether oxygens (including phenoxy) is 2. The molecule has 0 saturated carbocycles. The Morgan fingerprint density at radius 3 is 2.40 bits per heavy atom. The highest BCUT2D eigenvalue weighted by molar-refractivity contribution is 7.92. The van der Waals surface area contributed by atoms with Crippen LogP contribution in [0.3, 0.4) is 0 Å². The molecule has 2 rings (SSSR count). The third-order valence-corrected chi connectivity index (χ3v) is 5.89. The molecule has 25 heavy (non-hydrogen) atoms. The number of hydrogen-bond donors (Lipinski definition) is 0. The molecule has 0 bridgehead atoms. The van der Waals surface area contributed by atoms with Gasteiger partial charge in [0.15, 0.2) is 0 Å². The fraction of sp³-hybridized carbons (Fsp3) is 0.235. The van der Waals surface area contributed by atoms with E-state index in [1.54, 1.807) is 25.1 Å². The number of methoxy groups -OCH3 is 2. The van der Waals surface area contributed by atoms with Crippen LogP contribution in [0.5, 0.6) is 5.75 Å². The minimum atomic E-state index is -3.87. The van der Waals surface area contributed by atoms with Crippen molar-refractivity contribution in [1.82, 2.24) is 0 Å². The molecule has 0 amide bonds. The minimum absolute atomic E-state index is 0.0173. The van der Waals surface area contributed by atoms with Crippen molar-refractivity contribution in [3.63, 3.8) is 0 Å². The molecule has 8 heteroatoms. The van der Waals surface area contributed by atoms with Gasteiger partial charge in [-0.25, -0.2) is 13.2 Å². The largest absolute Gasteiger partial charge is 0.495 e. The van der Waals surface area contributed by atoms with Gasteiger partial charge in [-0.05, 0) is 42.8 Å². The molecule has 6 nitrogen and oxygen atoms in total. The van der Waals surface area contributed by atoms with Crippen LogP contribution in [0.1, 0.15) is 15.9 Å². The topological polar surface area (TPSA) is 72.9 Å². The third kappa shape index (κ3) is 3.57. The first-order valence-corrected chi connectivity index (χ1v) is 9.06. The summed E-state index contributed by atoms with van der Waals surface area (Å²) in [5, 5.41) is 0.192. The molecule has 0 fully saturated rings. The highest BCUT2D eigenvalue weighted by Crippen LogP contribution is 2.31. The van der Waals surface area contributed by atoms with Gasteiger partial charge in [-0.2, -0.15) is 0 Å². The first kappa shape index (κ1) is 19.1. The molecule has 0 heterocycles. The van der Waals surface area contributed by atoms with Gasteiger partial charge in [0.1, 0.15) is 5.75 Å². The Hall–Kier alpha value is -2.25. The SMILES string of the molecule is COC(=O)c1cccc(N(C)S(=O)(=O)c2ccc(OC)c(Cl)c2)c1C. The Morgan fingerprint density at radius 1 is 1.16 bits per heavy atom. The summed E-state index contributed by atoms with van der Waals surface area (Å²) in [7, 11) is 0.263. The summed E-state index contributed by atoms with van der Waals surface area (Å²) in [5.41, 5.74) is 1.17. The number of nitrogens with zero attached hydrogens (tertiary/aromatic N) is 1. The Labute approximate surface area is 152 Å². The second-order valence-corrected chi connectivity index (χ2v) is 7.59. The molecular formula is C17H18ClNO5S. The molecule has 0 radical (unpaired) electrons. The number of benzene rings is 2. The van der Waals surface area contributed by atoms with Crippen molar-refractivity contribution in [2.24, 2.45) is 0 Å². The lowest BCUT2D eigenvalue weighted by atomic mass is 10.1. The van der Waals surface area contributed by atoms with E-state index in [4.69, 9.17) is 21.1 Å². The van der Waals surface area contributed by atoms with Gasteiger partial charge in [0.2, 0.25) is 0 Å². The summed E-state index contributed by atoms with van der Waals surface area (Å²) in [4.78, 5) is 11.8. The molecule has 0 aromatic heterocycles. The van der Waals surface area contributed by atoms with Crippen LogP contribution >= 0.6 is 11.6 Å². The summed E-state index contributed by atoms with van der Waals surface area (Å²) in [5.74, 6) is -0.148. The number of halogens is 1. The Morgan fingerprint density at radius 2 is 1.84 bits per heavy atom. The zero-order valence-electron chi connectivity index (χ0n) is 14.2. The van der Waals surface area contributed by atoms with Gasteiger partial charge in [0, 0.05) is 7.05 Å². The summed E-state index contributed by atoms with van der Waals surface area (Å²) in [6.45, 7) is 1.66. The first-order valence-electron chi connectivity index (χ1n) is 7.24. The zero-order valence-corrected chi connectivity index (χ0v) is 15.8. The van der Waals surface area contributed by atoms with E-state index in [9.17, 15) is 13.2 Å². The van der Waals surface area contributed by atoms with Crippen molar-refractivity contribution in [3.05, 3.63) is 52.5 Å². The van der Waals surface area contributed by atoms with E-state index in [0.717, 1.165) is 4.31 Å². The maximum Gasteiger partial charge on any atom is 0.338 e. The molecule has 134 valence electrons. The number of carbonyl (C=O) groups excluding carboxylic acids is 1. The molecule has 2 aromatic carbocycles. The molecule has 0 atom stereocenters. The van der Waals surface area contributed by atoms with Gasteiger partial charge < -0.3 is 9.47 Å². The van der Waals surface area contributed by atoms with Crippen molar-refractivity contribution in [2.75, 3.05) is 25.6 Å². The monoisotopic (exact) mass is 383 g/mol. The molecule has 0 unspecified atom stereocenters. The van der Waals surface area contributed by atoms with E-state index < -0.39 is 16.0 Å². The first-order chi connectivity index (χ1) is 11.7.